The lowest BCUT2D eigenvalue weighted by Gasteiger charge is -2.34. The van der Waals surface area contributed by atoms with Gasteiger partial charge in [-0.2, -0.15) is 17.0 Å². The molecule has 1 N–H and O–H groups in total. The number of para-hydroxylation sites is 1. The predicted molar refractivity (Wildman–Crippen MR) is 97.0 cm³/mol. The normalized spacial score (nSPS) is 17.7. The molecule has 2 aromatic carbocycles. The first-order valence-electron chi connectivity index (χ1n) is 8.30. The van der Waals surface area contributed by atoms with Gasteiger partial charge in [-0.1, -0.05) is 36.4 Å². The van der Waals surface area contributed by atoms with Crippen molar-refractivity contribution in [3.05, 3.63) is 66.0 Å². The van der Waals surface area contributed by atoms with Crippen molar-refractivity contribution >= 4 is 21.8 Å². The molecule has 0 bridgehead atoms. The van der Waals surface area contributed by atoms with Crippen LogP contribution in [0.15, 0.2) is 54.6 Å². The van der Waals surface area contributed by atoms with E-state index in [0.717, 1.165) is 4.31 Å². The summed E-state index contributed by atoms with van der Waals surface area (Å²) in [7, 11) is -3.83. The van der Waals surface area contributed by atoms with Gasteiger partial charge in [-0.3, -0.25) is 4.79 Å². The summed E-state index contributed by atoms with van der Waals surface area (Å²) < 4.78 is 41.7. The molecule has 0 radical (unpaired) electrons. The van der Waals surface area contributed by atoms with Crippen molar-refractivity contribution in [2.45, 2.75) is 13.0 Å². The first-order chi connectivity index (χ1) is 12.5. The zero-order valence-electron chi connectivity index (χ0n) is 14.1. The fourth-order valence-corrected chi connectivity index (χ4v) is 4.47. The monoisotopic (exact) mass is 377 g/mol. The lowest BCUT2D eigenvalue weighted by atomic mass is 10.2. The largest absolute Gasteiger partial charge is 0.325 e. The minimum atomic E-state index is -3.83. The maximum Gasteiger partial charge on any atom is 0.282 e. The third-order valence-electron chi connectivity index (χ3n) is 4.15. The lowest BCUT2D eigenvalue weighted by Crippen LogP contribution is -2.51. The van der Waals surface area contributed by atoms with Crippen LogP contribution in [0.5, 0.6) is 0 Å². The highest BCUT2D eigenvalue weighted by Gasteiger charge is 2.35. The molecule has 8 heteroatoms. The van der Waals surface area contributed by atoms with Crippen molar-refractivity contribution in [3.8, 4) is 0 Å². The first kappa shape index (κ1) is 18.5. The van der Waals surface area contributed by atoms with Crippen LogP contribution in [0.4, 0.5) is 10.1 Å². The summed E-state index contributed by atoms with van der Waals surface area (Å²) in [5.41, 5.74) is 0.918. The molecule has 0 aromatic heterocycles. The maximum absolute atomic E-state index is 13.8. The van der Waals surface area contributed by atoms with E-state index >= 15 is 0 Å². The molecule has 0 spiro atoms. The second kappa shape index (κ2) is 7.94. The standard InChI is InChI=1S/C18H20FN3O3S/c19-17-10-5-4-7-15(17)13-21-11-6-12-22(26(21,24)25)14-18(23)20-16-8-2-1-3-9-16/h1-5,7-10H,6,11-14H2,(H,20,23). The second-order valence-corrected chi connectivity index (χ2v) is 7.96. The molecule has 1 saturated heterocycles. The molecular weight excluding hydrogens is 357 g/mol. The van der Waals surface area contributed by atoms with Crippen LogP contribution in [0.2, 0.25) is 0 Å². The van der Waals surface area contributed by atoms with Crippen LogP contribution in [-0.2, 0) is 21.5 Å². The Bertz CT molecular complexity index is 874. The van der Waals surface area contributed by atoms with E-state index in [9.17, 15) is 17.6 Å². The summed E-state index contributed by atoms with van der Waals surface area (Å²) >= 11 is 0. The number of carbonyl (C=O) groups is 1. The van der Waals surface area contributed by atoms with Crippen molar-refractivity contribution in [3.63, 3.8) is 0 Å². The number of anilines is 1. The topological polar surface area (TPSA) is 69.7 Å². The molecule has 138 valence electrons. The van der Waals surface area contributed by atoms with Gasteiger partial charge < -0.3 is 5.32 Å². The molecule has 0 atom stereocenters. The summed E-state index contributed by atoms with van der Waals surface area (Å²) in [6.07, 6.45) is 0.576. The number of hydrogen-bond donors (Lipinski definition) is 1. The van der Waals surface area contributed by atoms with Crippen molar-refractivity contribution in [2.75, 3.05) is 25.0 Å². The molecule has 26 heavy (non-hydrogen) atoms. The lowest BCUT2D eigenvalue weighted by molar-refractivity contribution is -0.116. The van der Waals surface area contributed by atoms with Crippen LogP contribution in [0, 0.1) is 5.82 Å². The third kappa shape index (κ3) is 4.27. The van der Waals surface area contributed by atoms with Crippen LogP contribution in [0.3, 0.4) is 0 Å². The van der Waals surface area contributed by atoms with Crippen molar-refractivity contribution in [1.29, 1.82) is 0 Å². The average molecular weight is 377 g/mol. The van der Waals surface area contributed by atoms with Crippen LogP contribution in [-0.4, -0.2) is 42.6 Å². The van der Waals surface area contributed by atoms with Crippen LogP contribution >= 0.6 is 0 Å². The van der Waals surface area contributed by atoms with Gasteiger partial charge in [0, 0.05) is 30.9 Å². The van der Waals surface area contributed by atoms with Gasteiger partial charge in [0.1, 0.15) is 5.82 Å². The van der Waals surface area contributed by atoms with Gasteiger partial charge in [-0.05, 0) is 24.6 Å². The van der Waals surface area contributed by atoms with E-state index in [4.69, 9.17) is 0 Å². The van der Waals surface area contributed by atoms with E-state index < -0.39 is 21.9 Å². The van der Waals surface area contributed by atoms with Crippen LogP contribution in [0.1, 0.15) is 12.0 Å². The minimum Gasteiger partial charge on any atom is -0.325 e. The van der Waals surface area contributed by atoms with E-state index in [0.29, 0.717) is 24.2 Å². The molecule has 1 fully saturated rings. The van der Waals surface area contributed by atoms with Gasteiger partial charge in [0.15, 0.2) is 0 Å². The highest BCUT2D eigenvalue weighted by atomic mass is 32.2. The van der Waals surface area contributed by atoms with Gasteiger partial charge >= 0.3 is 0 Å². The Kier molecular flexibility index (Phi) is 5.65. The number of hydrogen-bond acceptors (Lipinski definition) is 3. The van der Waals surface area contributed by atoms with Crippen LogP contribution < -0.4 is 5.32 Å². The van der Waals surface area contributed by atoms with Crippen molar-refractivity contribution in [2.24, 2.45) is 0 Å². The summed E-state index contributed by atoms with van der Waals surface area (Å²) in [6.45, 7) is 0.239. The SMILES string of the molecule is O=C(CN1CCCN(Cc2ccccc2F)S1(=O)=O)Nc1ccccc1. The number of halogens is 1. The Morgan fingerprint density at radius 2 is 1.65 bits per heavy atom. The number of carbonyl (C=O) groups excluding carboxylic acids is 1. The fourth-order valence-electron chi connectivity index (χ4n) is 2.84. The Hall–Kier alpha value is -2.29. The Labute approximate surface area is 152 Å². The quantitative estimate of drug-likeness (QED) is 0.869. The van der Waals surface area contributed by atoms with Crippen molar-refractivity contribution in [1.82, 2.24) is 8.61 Å². The second-order valence-electron chi connectivity index (χ2n) is 6.03. The molecule has 6 nitrogen and oxygen atoms in total. The number of nitrogens with one attached hydrogen (secondary N) is 1. The van der Waals surface area contributed by atoms with E-state index in [2.05, 4.69) is 5.32 Å². The van der Waals surface area contributed by atoms with E-state index in [1.54, 1.807) is 42.5 Å². The van der Waals surface area contributed by atoms with E-state index in [1.165, 1.54) is 10.4 Å². The third-order valence-corrected chi connectivity index (χ3v) is 6.08. The molecule has 3 rings (SSSR count). The molecular formula is C18H20FN3O3S. The average Bonchev–Trinajstić information content (AvgIpc) is 2.61. The molecule has 1 heterocycles. The highest BCUT2D eigenvalue weighted by Crippen LogP contribution is 2.20. The summed E-state index contributed by atoms with van der Waals surface area (Å²) in [5, 5.41) is 2.68. The number of benzene rings is 2. The molecule has 0 saturated carbocycles. The number of nitrogens with zero attached hydrogens (tertiary/aromatic N) is 2. The highest BCUT2D eigenvalue weighted by molar-refractivity contribution is 7.86. The Morgan fingerprint density at radius 1 is 1.00 bits per heavy atom. The fraction of sp³-hybridized carbons (Fsp3) is 0.278. The Morgan fingerprint density at radius 3 is 2.38 bits per heavy atom. The van der Waals surface area contributed by atoms with Gasteiger partial charge in [0.05, 0.1) is 6.54 Å². The molecule has 1 aliphatic rings. The van der Waals surface area contributed by atoms with Crippen molar-refractivity contribution < 1.29 is 17.6 Å². The number of rotatable bonds is 5. The molecule has 0 aliphatic carbocycles. The molecule has 2 aromatic rings. The summed E-state index contributed by atoms with van der Waals surface area (Å²) in [5.74, 6) is -0.853. The van der Waals surface area contributed by atoms with Gasteiger partial charge in [-0.15, -0.1) is 0 Å². The van der Waals surface area contributed by atoms with Gasteiger partial charge in [0.2, 0.25) is 5.91 Å². The Balaban J connectivity index is 1.68. The summed E-state index contributed by atoms with van der Waals surface area (Å²) in [6, 6.07) is 14.9. The minimum absolute atomic E-state index is 0.0498. The smallest absolute Gasteiger partial charge is 0.282 e. The molecule has 1 amide bonds. The van der Waals surface area contributed by atoms with Gasteiger partial charge in [0.25, 0.3) is 10.2 Å². The predicted octanol–water partition coefficient (Wildman–Crippen LogP) is 2.22. The maximum atomic E-state index is 13.8. The zero-order chi connectivity index (χ0) is 18.6. The number of amides is 1. The van der Waals surface area contributed by atoms with E-state index in [-0.39, 0.29) is 19.6 Å². The van der Waals surface area contributed by atoms with Gasteiger partial charge in [-0.25, -0.2) is 4.39 Å². The zero-order valence-corrected chi connectivity index (χ0v) is 15.0. The summed E-state index contributed by atoms with van der Waals surface area (Å²) in [4.78, 5) is 12.2. The molecule has 1 aliphatic heterocycles. The first-order valence-corrected chi connectivity index (χ1v) is 9.70. The molecule has 0 unspecified atom stereocenters. The van der Waals surface area contributed by atoms with E-state index in [1.807, 2.05) is 6.07 Å². The van der Waals surface area contributed by atoms with Crippen LogP contribution in [0.25, 0.3) is 0 Å².